The van der Waals surface area contributed by atoms with Gasteiger partial charge in [0.1, 0.15) is 0 Å². The van der Waals surface area contributed by atoms with Crippen LogP contribution in [-0.4, -0.2) is 16.7 Å². The zero-order valence-electron chi connectivity index (χ0n) is 26.6. The minimum Gasteiger partial charge on any atom is -0.393 e. The first-order valence-corrected chi connectivity index (χ1v) is 17.2. The third-order valence-electron chi connectivity index (χ3n) is 12.9. The van der Waals surface area contributed by atoms with Crippen molar-refractivity contribution >= 4 is 0 Å². The monoisotopic (exact) mass is 528 g/mol. The van der Waals surface area contributed by atoms with E-state index in [0.29, 0.717) is 5.41 Å². The molecule has 0 spiro atoms. The Morgan fingerprint density at radius 1 is 0.868 bits per heavy atom. The van der Waals surface area contributed by atoms with Crippen molar-refractivity contribution in [1.82, 2.24) is 0 Å². The van der Waals surface area contributed by atoms with Gasteiger partial charge in [0.05, 0.1) is 6.10 Å². The lowest BCUT2D eigenvalue weighted by Crippen LogP contribution is -2.55. The molecule has 220 valence electrons. The number of rotatable bonds is 12. The van der Waals surface area contributed by atoms with Crippen molar-refractivity contribution in [2.45, 2.75) is 169 Å². The van der Waals surface area contributed by atoms with Gasteiger partial charge >= 0.3 is 0 Å². The van der Waals surface area contributed by atoms with Crippen LogP contribution >= 0.6 is 0 Å². The molecule has 3 saturated carbocycles. The molecule has 3 N–H and O–H groups in total. The molecule has 0 unspecified atom stereocenters. The highest BCUT2D eigenvalue weighted by Gasteiger charge is 2.61. The second kappa shape index (κ2) is 12.3. The predicted molar refractivity (Wildman–Crippen MR) is 164 cm³/mol. The largest absolute Gasteiger partial charge is 0.393 e. The van der Waals surface area contributed by atoms with Gasteiger partial charge in [-0.3, -0.25) is 0 Å². The molecule has 4 aliphatic rings. The van der Waals surface area contributed by atoms with Crippen molar-refractivity contribution in [3.8, 4) is 0 Å². The van der Waals surface area contributed by atoms with E-state index in [1.807, 2.05) is 0 Å². The highest BCUT2D eigenvalue weighted by atomic mass is 16.3. The van der Waals surface area contributed by atoms with Crippen molar-refractivity contribution in [2.75, 3.05) is 0 Å². The van der Waals surface area contributed by atoms with Crippen molar-refractivity contribution in [3.05, 3.63) is 11.1 Å². The molecule has 2 heteroatoms. The highest BCUT2D eigenvalue weighted by molar-refractivity contribution is 5.37. The molecule has 0 radical (unpaired) electrons. The number of nitrogens with two attached hydrogens (primary N) is 1. The lowest BCUT2D eigenvalue weighted by Gasteiger charge is -2.61. The molecular weight excluding hydrogens is 462 g/mol. The Morgan fingerprint density at radius 2 is 1.55 bits per heavy atom. The lowest BCUT2D eigenvalue weighted by molar-refractivity contribution is -0.0620. The van der Waals surface area contributed by atoms with E-state index in [1.54, 1.807) is 11.1 Å². The van der Waals surface area contributed by atoms with Crippen LogP contribution in [0.15, 0.2) is 11.1 Å². The van der Waals surface area contributed by atoms with E-state index >= 15 is 0 Å². The molecule has 4 rings (SSSR count). The van der Waals surface area contributed by atoms with Crippen LogP contribution in [0.1, 0.15) is 158 Å². The first-order valence-electron chi connectivity index (χ1n) is 17.2. The maximum atomic E-state index is 10.9. The van der Waals surface area contributed by atoms with E-state index in [0.717, 1.165) is 61.2 Å². The van der Waals surface area contributed by atoms with Crippen LogP contribution in [0.3, 0.4) is 0 Å². The molecule has 0 heterocycles. The van der Waals surface area contributed by atoms with Crippen LogP contribution < -0.4 is 5.73 Å². The first-order chi connectivity index (χ1) is 18.0. The molecule has 2 nitrogen and oxygen atoms in total. The average Bonchev–Trinajstić information content (AvgIpc) is 3.23. The normalized spacial score (nSPS) is 38.2. The summed E-state index contributed by atoms with van der Waals surface area (Å²) in [5.74, 6) is 5.05. The van der Waals surface area contributed by atoms with Gasteiger partial charge in [-0.15, -0.1) is 0 Å². The van der Waals surface area contributed by atoms with Crippen molar-refractivity contribution in [2.24, 2.45) is 52.1 Å². The SMILES string of the molecule is CCCCC(N)(CCCC)C1=C2C[C@@H](O)CC[C@]2(C)[C@H]2CC[C@]3(C)[C@@H]([C@H](C)CCCC(C)C)CC[C@H]3[C@@H]2C1. The second-order valence-electron chi connectivity index (χ2n) is 15.7. The van der Waals surface area contributed by atoms with E-state index < -0.39 is 0 Å². The third kappa shape index (κ3) is 5.70. The molecular formula is C36H65NO. The number of aliphatic hydroxyl groups is 1. The molecule has 0 saturated heterocycles. The fraction of sp³-hybridized carbons (Fsp3) is 0.944. The first kappa shape index (κ1) is 30.6. The highest BCUT2D eigenvalue weighted by Crippen LogP contribution is 2.69. The summed E-state index contributed by atoms with van der Waals surface area (Å²) in [5.41, 5.74) is 11.4. The Kier molecular flexibility index (Phi) is 9.88. The van der Waals surface area contributed by atoms with Gasteiger partial charge in [0.15, 0.2) is 0 Å². The molecule has 4 aliphatic carbocycles. The molecule has 0 aromatic carbocycles. The van der Waals surface area contributed by atoms with Gasteiger partial charge in [0.25, 0.3) is 0 Å². The van der Waals surface area contributed by atoms with E-state index in [2.05, 4.69) is 48.5 Å². The van der Waals surface area contributed by atoms with E-state index in [9.17, 15) is 5.11 Å². The fourth-order valence-electron chi connectivity index (χ4n) is 10.7. The third-order valence-corrected chi connectivity index (χ3v) is 12.9. The Hall–Kier alpha value is -0.340. The molecule has 3 fully saturated rings. The predicted octanol–water partition coefficient (Wildman–Crippen LogP) is 9.84. The van der Waals surface area contributed by atoms with E-state index in [1.165, 1.54) is 83.5 Å². The van der Waals surface area contributed by atoms with Gasteiger partial charge in [0.2, 0.25) is 0 Å². The summed E-state index contributed by atoms with van der Waals surface area (Å²) in [7, 11) is 0. The summed E-state index contributed by atoms with van der Waals surface area (Å²) in [5, 5.41) is 10.9. The quantitative estimate of drug-likeness (QED) is 0.248. The molecule has 0 aliphatic heterocycles. The molecule has 8 atom stereocenters. The van der Waals surface area contributed by atoms with Crippen molar-refractivity contribution < 1.29 is 5.11 Å². The topological polar surface area (TPSA) is 46.2 Å². The van der Waals surface area contributed by atoms with Crippen molar-refractivity contribution in [1.29, 1.82) is 0 Å². The van der Waals surface area contributed by atoms with Gasteiger partial charge in [-0.05, 0) is 111 Å². The summed E-state index contributed by atoms with van der Waals surface area (Å²) in [6, 6.07) is 0. The standard InChI is InChI=1S/C36H65NO/c1-8-10-19-36(37,20-11-9-2)33-24-28-30-16-15-29(26(5)14-12-13-25(3)4)34(30,6)22-18-31(28)35(7)21-17-27(38)23-32(33)35/h25-31,38H,8-24,37H2,1-7H3/t26-,27+,28+,29-,30+,31+,34-,35-/m1/s1. The Morgan fingerprint density at radius 3 is 2.18 bits per heavy atom. The molecule has 0 aromatic heterocycles. The summed E-state index contributed by atoms with van der Waals surface area (Å²) < 4.78 is 0. The Bertz CT molecular complexity index is 806. The Labute approximate surface area is 237 Å². The smallest absolute Gasteiger partial charge is 0.0578 e. The summed E-state index contributed by atoms with van der Waals surface area (Å²) in [4.78, 5) is 0. The van der Waals surface area contributed by atoms with Gasteiger partial charge in [-0.2, -0.15) is 0 Å². The molecule has 0 bridgehead atoms. The van der Waals surface area contributed by atoms with Crippen LogP contribution in [0, 0.1) is 46.3 Å². The van der Waals surface area contributed by atoms with E-state index in [4.69, 9.17) is 5.73 Å². The zero-order valence-corrected chi connectivity index (χ0v) is 26.6. The number of unbranched alkanes of at least 4 members (excludes halogenated alkanes) is 2. The maximum absolute atomic E-state index is 10.9. The number of hydrogen-bond acceptors (Lipinski definition) is 2. The lowest BCUT2D eigenvalue weighted by atomic mass is 9.44. The van der Waals surface area contributed by atoms with Gasteiger partial charge in [-0.1, -0.05) is 105 Å². The van der Waals surface area contributed by atoms with Gasteiger partial charge in [0, 0.05) is 5.54 Å². The minimum absolute atomic E-state index is 0.164. The minimum atomic E-state index is -0.166. The molecule has 38 heavy (non-hydrogen) atoms. The van der Waals surface area contributed by atoms with Gasteiger partial charge < -0.3 is 10.8 Å². The van der Waals surface area contributed by atoms with Crippen LogP contribution in [0.5, 0.6) is 0 Å². The van der Waals surface area contributed by atoms with Gasteiger partial charge in [-0.25, -0.2) is 0 Å². The van der Waals surface area contributed by atoms with Crippen LogP contribution in [-0.2, 0) is 0 Å². The molecule has 0 amide bonds. The number of hydrogen-bond donors (Lipinski definition) is 2. The number of aliphatic hydroxyl groups excluding tert-OH is 1. The summed E-state index contributed by atoms with van der Waals surface area (Å²) in [6.45, 7) is 17.3. The summed E-state index contributed by atoms with van der Waals surface area (Å²) in [6.07, 6.45) is 21.2. The van der Waals surface area contributed by atoms with Crippen molar-refractivity contribution in [3.63, 3.8) is 0 Å². The summed E-state index contributed by atoms with van der Waals surface area (Å²) >= 11 is 0. The molecule has 0 aromatic rings. The van der Waals surface area contributed by atoms with Crippen LogP contribution in [0.2, 0.25) is 0 Å². The zero-order chi connectivity index (χ0) is 27.7. The Balaban J connectivity index is 1.67. The average molecular weight is 528 g/mol. The maximum Gasteiger partial charge on any atom is 0.0578 e. The van der Waals surface area contributed by atoms with Crippen LogP contribution in [0.25, 0.3) is 0 Å². The van der Waals surface area contributed by atoms with Crippen LogP contribution in [0.4, 0.5) is 0 Å². The fourth-order valence-corrected chi connectivity index (χ4v) is 10.7. The second-order valence-corrected chi connectivity index (χ2v) is 15.7. The number of fused-ring (bicyclic) bond motifs is 5. The van der Waals surface area contributed by atoms with E-state index in [-0.39, 0.29) is 17.1 Å².